The van der Waals surface area contributed by atoms with Crippen molar-refractivity contribution in [2.75, 3.05) is 4.90 Å². The second-order valence-corrected chi connectivity index (χ2v) is 16.7. The van der Waals surface area contributed by atoms with E-state index in [2.05, 4.69) is 241 Å². The zero-order valence-corrected chi connectivity index (χ0v) is 33.5. The minimum atomic E-state index is -0.492. The second-order valence-electron chi connectivity index (χ2n) is 16.7. The first-order chi connectivity index (χ1) is 30.3. The van der Waals surface area contributed by atoms with E-state index in [9.17, 15) is 0 Å². The lowest BCUT2D eigenvalue weighted by Crippen LogP contribution is -2.28. The van der Waals surface area contributed by atoms with Crippen molar-refractivity contribution >= 4 is 27.8 Å². The molecule has 0 saturated carbocycles. The molecule has 0 bridgehead atoms. The van der Waals surface area contributed by atoms with Gasteiger partial charge in [-0.05, 0) is 125 Å². The molecule has 0 aromatic heterocycles. The number of hydrogen-bond donors (Lipinski definition) is 0. The lowest BCUT2D eigenvalue weighted by atomic mass is 9.67. The zero-order chi connectivity index (χ0) is 40.1. The normalized spacial score (nSPS) is 14.2. The van der Waals surface area contributed by atoms with Crippen molar-refractivity contribution in [3.05, 3.63) is 281 Å². The fraction of sp³-hybridized carbons (Fsp3) is 0.0333. The van der Waals surface area contributed by atoms with Gasteiger partial charge in [0.2, 0.25) is 0 Å². The summed E-state index contributed by atoms with van der Waals surface area (Å²) in [5.41, 5.74) is 20.9. The van der Waals surface area contributed by atoms with Crippen molar-refractivity contribution in [2.24, 2.45) is 0 Å². The smallest absolute Gasteiger partial charge is 0.0731 e. The van der Waals surface area contributed by atoms with Crippen molar-refractivity contribution in [1.82, 2.24) is 0 Å². The molecule has 0 unspecified atom stereocenters. The Balaban J connectivity index is 1.05. The van der Waals surface area contributed by atoms with E-state index in [0.717, 1.165) is 17.1 Å². The molecule has 0 amide bonds. The van der Waals surface area contributed by atoms with E-state index in [1.54, 1.807) is 0 Å². The van der Waals surface area contributed by atoms with Crippen molar-refractivity contribution < 1.29 is 0 Å². The largest absolute Gasteiger partial charge is 0.310 e. The third-order valence-corrected chi connectivity index (χ3v) is 13.9. The Bertz CT molecular complexity index is 3260. The minimum Gasteiger partial charge on any atom is -0.310 e. The highest BCUT2D eigenvalue weighted by Gasteiger charge is 2.52. The fourth-order valence-corrected chi connectivity index (χ4v) is 11.7. The zero-order valence-electron chi connectivity index (χ0n) is 33.5. The number of fused-ring (bicyclic) bond motifs is 15. The van der Waals surface area contributed by atoms with Crippen LogP contribution in [0.2, 0.25) is 0 Å². The quantitative estimate of drug-likeness (QED) is 0.168. The average Bonchev–Trinajstić information content (AvgIpc) is 3.93. The highest BCUT2D eigenvalue weighted by atomic mass is 15.1. The Labute approximate surface area is 356 Å². The molecule has 10 aromatic carbocycles. The molecule has 1 spiro atoms. The van der Waals surface area contributed by atoms with Crippen LogP contribution >= 0.6 is 0 Å². The van der Waals surface area contributed by atoms with Gasteiger partial charge in [0.05, 0.1) is 10.8 Å². The maximum atomic E-state index is 2.47. The Morgan fingerprint density at radius 2 is 0.672 bits per heavy atom. The molecule has 0 fully saturated rings. The third kappa shape index (κ3) is 4.50. The van der Waals surface area contributed by atoms with E-state index in [0.29, 0.717) is 0 Å². The van der Waals surface area contributed by atoms with Gasteiger partial charge in [-0.25, -0.2) is 0 Å². The van der Waals surface area contributed by atoms with E-state index in [-0.39, 0.29) is 0 Å². The summed E-state index contributed by atoms with van der Waals surface area (Å²) in [6.07, 6.45) is 0. The predicted octanol–water partition coefficient (Wildman–Crippen LogP) is 15.0. The molecule has 3 aliphatic rings. The maximum Gasteiger partial charge on any atom is 0.0731 e. The number of hydrogen-bond acceptors (Lipinski definition) is 1. The molecule has 1 nitrogen and oxygen atoms in total. The molecule has 0 N–H and O–H groups in total. The summed E-state index contributed by atoms with van der Waals surface area (Å²) >= 11 is 0. The number of nitrogens with zero attached hydrogens (tertiary/aromatic N) is 1. The van der Waals surface area contributed by atoms with Crippen LogP contribution in [-0.2, 0) is 10.8 Å². The lowest BCUT2D eigenvalue weighted by Gasteiger charge is -2.35. The van der Waals surface area contributed by atoms with Crippen LogP contribution in [0.1, 0.15) is 44.5 Å². The van der Waals surface area contributed by atoms with Gasteiger partial charge in [0.1, 0.15) is 0 Å². The molecule has 284 valence electrons. The van der Waals surface area contributed by atoms with Gasteiger partial charge in [-0.2, -0.15) is 0 Å². The van der Waals surface area contributed by atoms with Gasteiger partial charge in [-0.3, -0.25) is 0 Å². The topological polar surface area (TPSA) is 3.24 Å². The Morgan fingerprint density at radius 1 is 0.262 bits per heavy atom. The third-order valence-electron chi connectivity index (χ3n) is 13.9. The first kappa shape index (κ1) is 34.2. The van der Waals surface area contributed by atoms with Gasteiger partial charge < -0.3 is 4.90 Å². The van der Waals surface area contributed by atoms with Crippen LogP contribution in [0.25, 0.3) is 44.2 Å². The summed E-state index contributed by atoms with van der Waals surface area (Å²) < 4.78 is 0. The van der Waals surface area contributed by atoms with Gasteiger partial charge in [-0.1, -0.05) is 200 Å². The second kappa shape index (κ2) is 12.9. The van der Waals surface area contributed by atoms with Gasteiger partial charge in [0, 0.05) is 17.1 Å². The Hall–Kier alpha value is -7.74. The van der Waals surface area contributed by atoms with Crippen LogP contribution in [0.15, 0.2) is 237 Å². The number of anilines is 3. The summed E-state index contributed by atoms with van der Waals surface area (Å²) in [5, 5.41) is 2.51. The summed E-state index contributed by atoms with van der Waals surface area (Å²) in [6, 6.07) is 88.3. The van der Waals surface area contributed by atoms with Gasteiger partial charge in [0.25, 0.3) is 0 Å². The molecule has 61 heavy (non-hydrogen) atoms. The first-order valence-corrected chi connectivity index (χ1v) is 21.3. The molecule has 0 radical (unpaired) electrons. The molecular formula is C60H39N. The van der Waals surface area contributed by atoms with E-state index < -0.39 is 10.8 Å². The van der Waals surface area contributed by atoms with Crippen molar-refractivity contribution in [3.63, 3.8) is 0 Å². The summed E-state index contributed by atoms with van der Waals surface area (Å²) in [5.74, 6) is 0. The minimum absolute atomic E-state index is 0.410. The highest BCUT2D eigenvalue weighted by molar-refractivity contribution is 6.05. The SMILES string of the molecule is c1ccc(N(c2ccc3c(c2)C(c2ccccc2)(c2ccccc2)c2ccccc2-3)c2ccc3c4c(ccc3c2)-c2ccccc2C42c3ccccc3-c3ccccc32)cc1. The molecule has 0 heterocycles. The molecular weight excluding hydrogens is 735 g/mol. The number of para-hydroxylation sites is 1. The van der Waals surface area contributed by atoms with Crippen LogP contribution in [0, 0.1) is 0 Å². The van der Waals surface area contributed by atoms with Gasteiger partial charge in [-0.15, -0.1) is 0 Å². The van der Waals surface area contributed by atoms with Crippen molar-refractivity contribution in [1.29, 1.82) is 0 Å². The Morgan fingerprint density at radius 3 is 1.23 bits per heavy atom. The van der Waals surface area contributed by atoms with Crippen LogP contribution in [0.5, 0.6) is 0 Å². The molecule has 1 heteroatoms. The predicted molar refractivity (Wildman–Crippen MR) is 252 cm³/mol. The van der Waals surface area contributed by atoms with Gasteiger partial charge in [0.15, 0.2) is 0 Å². The van der Waals surface area contributed by atoms with E-state index in [1.165, 1.54) is 88.7 Å². The number of benzene rings is 10. The first-order valence-electron chi connectivity index (χ1n) is 21.3. The Kier molecular flexibility index (Phi) is 7.21. The summed E-state index contributed by atoms with van der Waals surface area (Å²) in [6.45, 7) is 0. The lowest BCUT2D eigenvalue weighted by molar-refractivity contribution is 0.768. The molecule has 10 aromatic rings. The summed E-state index contributed by atoms with van der Waals surface area (Å²) in [4.78, 5) is 2.45. The van der Waals surface area contributed by atoms with Crippen LogP contribution in [0.4, 0.5) is 17.1 Å². The van der Waals surface area contributed by atoms with E-state index in [4.69, 9.17) is 0 Å². The molecule has 0 saturated heterocycles. The van der Waals surface area contributed by atoms with Crippen molar-refractivity contribution in [3.8, 4) is 33.4 Å². The van der Waals surface area contributed by atoms with Crippen LogP contribution in [0.3, 0.4) is 0 Å². The monoisotopic (exact) mass is 773 g/mol. The molecule has 3 aliphatic carbocycles. The highest BCUT2D eigenvalue weighted by Crippen LogP contribution is 2.64. The van der Waals surface area contributed by atoms with E-state index in [1.807, 2.05) is 0 Å². The molecule has 13 rings (SSSR count). The van der Waals surface area contributed by atoms with E-state index >= 15 is 0 Å². The maximum absolute atomic E-state index is 2.47. The number of rotatable bonds is 5. The summed E-state index contributed by atoms with van der Waals surface area (Å²) in [7, 11) is 0. The van der Waals surface area contributed by atoms with Crippen molar-refractivity contribution in [2.45, 2.75) is 10.8 Å². The molecule has 0 atom stereocenters. The standard InChI is InChI=1S/C60H39N/c1-4-18-41(19-5-1)59(42-20-6-2-7-21-42)53-28-14-10-26-49(53)51-37-34-45(39-57(51)59)61(43-22-8-3-9-23-43)44-33-36-46-40(38-44)32-35-52-50-27-13-17-31-56(50)60(58(46)52)54-29-15-11-24-47(54)48-25-12-16-30-55(48)60/h1-39H. The van der Waals surface area contributed by atoms with Gasteiger partial charge >= 0.3 is 0 Å². The average molecular weight is 774 g/mol. The fourth-order valence-electron chi connectivity index (χ4n) is 11.7. The molecule has 0 aliphatic heterocycles. The van der Waals surface area contributed by atoms with Crippen LogP contribution in [-0.4, -0.2) is 0 Å². The van der Waals surface area contributed by atoms with Crippen LogP contribution < -0.4 is 4.90 Å².